The minimum Gasteiger partial charge on any atom is -0.493 e. The first-order valence-electron chi connectivity index (χ1n) is 6.21. The van der Waals surface area contributed by atoms with Gasteiger partial charge in [0.05, 0.1) is 18.2 Å². The van der Waals surface area contributed by atoms with Gasteiger partial charge in [-0.15, -0.1) is 0 Å². The summed E-state index contributed by atoms with van der Waals surface area (Å²) in [7, 11) is 0. The summed E-state index contributed by atoms with van der Waals surface area (Å²) in [6, 6.07) is 14.9. The highest BCUT2D eigenvalue weighted by Gasteiger charge is 2.16. The Morgan fingerprint density at radius 2 is 1.84 bits per heavy atom. The summed E-state index contributed by atoms with van der Waals surface area (Å²) >= 11 is 0. The third-order valence-electron chi connectivity index (χ3n) is 3.38. The monoisotopic (exact) mass is 251 g/mol. The number of rotatable bonds is 2. The Morgan fingerprint density at radius 1 is 1.11 bits per heavy atom. The smallest absolute Gasteiger partial charge is 0.122 e. The van der Waals surface area contributed by atoms with Gasteiger partial charge in [-0.2, -0.15) is 5.26 Å². The molecule has 19 heavy (non-hydrogen) atoms. The van der Waals surface area contributed by atoms with Gasteiger partial charge < -0.3 is 9.84 Å². The van der Waals surface area contributed by atoms with Crippen LogP contribution in [0.1, 0.15) is 28.4 Å². The van der Waals surface area contributed by atoms with E-state index in [1.165, 1.54) is 0 Å². The predicted octanol–water partition coefficient (Wildman–Crippen LogP) is 2.57. The fourth-order valence-corrected chi connectivity index (χ4v) is 2.31. The molecule has 0 fully saturated rings. The quantitative estimate of drug-likeness (QED) is 0.892. The molecule has 1 aliphatic heterocycles. The number of aliphatic hydroxyl groups excluding tert-OH is 1. The van der Waals surface area contributed by atoms with Crippen molar-refractivity contribution >= 4 is 0 Å². The van der Waals surface area contributed by atoms with Gasteiger partial charge in [0, 0.05) is 6.42 Å². The molecule has 0 saturated carbocycles. The molecule has 2 aromatic rings. The molecule has 3 heteroatoms. The van der Waals surface area contributed by atoms with Gasteiger partial charge in [0.25, 0.3) is 0 Å². The standard InChI is InChI=1S/C16H13NO2/c17-10-11-1-3-12(4-2-11)16(18)14-5-6-15-13(9-14)7-8-19-15/h1-6,9,16,18H,7-8H2. The fraction of sp³-hybridized carbons (Fsp3) is 0.188. The van der Waals surface area contributed by atoms with Crippen LogP contribution in [0.3, 0.4) is 0 Å². The van der Waals surface area contributed by atoms with Crippen molar-refractivity contribution in [2.75, 3.05) is 6.61 Å². The van der Waals surface area contributed by atoms with Gasteiger partial charge in [-0.3, -0.25) is 0 Å². The lowest BCUT2D eigenvalue weighted by Crippen LogP contribution is -2.00. The molecule has 0 saturated heterocycles. The second-order valence-electron chi connectivity index (χ2n) is 4.60. The Labute approximate surface area is 111 Å². The van der Waals surface area contributed by atoms with Gasteiger partial charge in [0.15, 0.2) is 0 Å². The zero-order chi connectivity index (χ0) is 13.2. The first-order chi connectivity index (χ1) is 9.28. The van der Waals surface area contributed by atoms with Crippen LogP contribution in [0, 0.1) is 11.3 Å². The molecule has 3 rings (SSSR count). The molecule has 0 aromatic heterocycles. The number of nitriles is 1. The van der Waals surface area contributed by atoms with Crippen molar-refractivity contribution in [2.45, 2.75) is 12.5 Å². The molecule has 1 N–H and O–H groups in total. The van der Waals surface area contributed by atoms with E-state index in [1.54, 1.807) is 24.3 Å². The van der Waals surface area contributed by atoms with Crippen LogP contribution < -0.4 is 4.74 Å². The van der Waals surface area contributed by atoms with E-state index in [9.17, 15) is 5.11 Å². The van der Waals surface area contributed by atoms with Gasteiger partial charge in [-0.25, -0.2) is 0 Å². The third kappa shape index (κ3) is 2.18. The van der Waals surface area contributed by atoms with E-state index in [1.807, 2.05) is 18.2 Å². The molecule has 0 spiro atoms. The minimum atomic E-state index is -0.668. The Kier molecular flexibility index (Phi) is 2.94. The van der Waals surface area contributed by atoms with Crippen molar-refractivity contribution in [3.05, 3.63) is 64.7 Å². The van der Waals surface area contributed by atoms with Crippen molar-refractivity contribution < 1.29 is 9.84 Å². The highest BCUT2D eigenvalue weighted by molar-refractivity contribution is 5.43. The highest BCUT2D eigenvalue weighted by Crippen LogP contribution is 2.30. The molecule has 2 aromatic carbocycles. The zero-order valence-electron chi connectivity index (χ0n) is 10.3. The Morgan fingerprint density at radius 3 is 2.58 bits per heavy atom. The first kappa shape index (κ1) is 11.8. The molecule has 0 bridgehead atoms. The van der Waals surface area contributed by atoms with Crippen LogP contribution in [0.4, 0.5) is 0 Å². The Hall–Kier alpha value is -2.31. The lowest BCUT2D eigenvalue weighted by atomic mass is 9.98. The summed E-state index contributed by atoms with van der Waals surface area (Å²) in [5, 5.41) is 19.1. The van der Waals surface area contributed by atoms with Crippen LogP contribution in [-0.2, 0) is 6.42 Å². The molecular weight excluding hydrogens is 238 g/mol. The van der Waals surface area contributed by atoms with Crippen LogP contribution in [0.15, 0.2) is 42.5 Å². The van der Waals surface area contributed by atoms with E-state index in [2.05, 4.69) is 6.07 Å². The summed E-state index contributed by atoms with van der Waals surface area (Å²) in [5.41, 5.74) is 3.38. The van der Waals surface area contributed by atoms with E-state index in [0.717, 1.165) is 28.9 Å². The SMILES string of the molecule is N#Cc1ccc(C(O)c2ccc3c(c2)CCO3)cc1. The second kappa shape index (κ2) is 4.75. The Balaban J connectivity index is 1.90. The van der Waals surface area contributed by atoms with Gasteiger partial charge in [-0.05, 0) is 41.0 Å². The van der Waals surface area contributed by atoms with Crippen molar-refractivity contribution in [2.24, 2.45) is 0 Å². The van der Waals surface area contributed by atoms with Gasteiger partial charge in [-0.1, -0.05) is 18.2 Å². The van der Waals surface area contributed by atoms with Crippen molar-refractivity contribution in [3.8, 4) is 11.8 Å². The van der Waals surface area contributed by atoms with E-state index in [4.69, 9.17) is 10.00 Å². The number of ether oxygens (including phenoxy) is 1. The average molecular weight is 251 g/mol. The van der Waals surface area contributed by atoms with Crippen LogP contribution in [0.5, 0.6) is 5.75 Å². The number of fused-ring (bicyclic) bond motifs is 1. The summed E-state index contributed by atoms with van der Waals surface area (Å²) in [4.78, 5) is 0. The maximum absolute atomic E-state index is 10.4. The van der Waals surface area contributed by atoms with Crippen molar-refractivity contribution in [3.63, 3.8) is 0 Å². The molecule has 0 amide bonds. The third-order valence-corrected chi connectivity index (χ3v) is 3.38. The number of hydrogen-bond donors (Lipinski definition) is 1. The fourth-order valence-electron chi connectivity index (χ4n) is 2.31. The van der Waals surface area contributed by atoms with Gasteiger partial charge in [0.2, 0.25) is 0 Å². The lowest BCUT2D eigenvalue weighted by Gasteiger charge is -2.12. The van der Waals surface area contributed by atoms with Crippen LogP contribution >= 0.6 is 0 Å². The van der Waals surface area contributed by atoms with E-state index in [-0.39, 0.29) is 0 Å². The number of benzene rings is 2. The van der Waals surface area contributed by atoms with Crippen LogP contribution in [0.25, 0.3) is 0 Å². The summed E-state index contributed by atoms with van der Waals surface area (Å²) < 4.78 is 5.45. The minimum absolute atomic E-state index is 0.596. The molecule has 1 aliphatic rings. The van der Waals surface area contributed by atoms with Gasteiger partial charge in [0.1, 0.15) is 11.9 Å². The zero-order valence-corrected chi connectivity index (χ0v) is 10.3. The molecule has 1 heterocycles. The lowest BCUT2D eigenvalue weighted by molar-refractivity contribution is 0.220. The summed E-state index contributed by atoms with van der Waals surface area (Å²) in [6.45, 7) is 0.714. The summed E-state index contributed by atoms with van der Waals surface area (Å²) in [5.74, 6) is 0.913. The van der Waals surface area contributed by atoms with Crippen molar-refractivity contribution in [1.82, 2.24) is 0 Å². The molecule has 0 radical (unpaired) electrons. The highest BCUT2D eigenvalue weighted by atomic mass is 16.5. The van der Waals surface area contributed by atoms with Gasteiger partial charge >= 0.3 is 0 Å². The normalized spacial score (nSPS) is 14.3. The number of nitrogens with zero attached hydrogens (tertiary/aromatic N) is 1. The molecule has 1 atom stereocenters. The number of hydrogen-bond acceptors (Lipinski definition) is 3. The maximum Gasteiger partial charge on any atom is 0.122 e. The van der Waals surface area contributed by atoms with Crippen LogP contribution in [0.2, 0.25) is 0 Å². The Bertz CT molecular complexity index is 641. The number of aliphatic hydroxyl groups is 1. The van der Waals surface area contributed by atoms with E-state index in [0.29, 0.717) is 12.2 Å². The molecule has 1 unspecified atom stereocenters. The van der Waals surface area contributed by atoms with Crippen LogP contribution in [-0.4, -0.2) is 11.7 Å². The van der Waals surface area contributed by atoms with Crippen molar-refractivity contribution in [1.29, 1.82) is 5.26 Å². The molecule has 0 aliphatic carbocycles. The maximum atomic E-state index is 10.4. The predicted molar refractivity (Wildman–Crippen MR) is 70.9 cm³/mol. The molecule has 3 nitrogen and oxygen atoms in total. The molecule has 94 valence electrons. The molecular formula is C16H13NO2. The topological polar surface area (TPSA) is 53.2 Å². The van der Waals surface area contributed by atoms with E-state index < -0.39 is 6.10 Å². The average Bonchev–Trinajstić information content (AvgIpc) is 2.94. The summed E-state index contributed by atoms with van der Waals surface area (Å²) in [6.07, 6.45) is 0.224. The first-order valence-corrected chi connectivity index (χ1v) is 6.21. The largest absolute Gasteiger partial charge is 0.493 e. The van der Waals surface area contributed by atoms with E-state index >= 15 is 0 Å². The second-order valence-corrected chi connectivity index (χ2v) is 4.60.